The standard InChI is InChI=1S/C10H19NO3/c1-7(12)5-11-6-8-3-2-4-9(8)10(13)14/h7-9,11-12H,2-6H2,1H3,(H,13,14). The highest BCUT2D eigenvalue weighted by Gasteiger charge is 2.32. The van der Waals surface area contributed by atoms with E-state index in [9.17, 15) is 4.79 Å². The number of aliphatic hydroxyl groups is 1. The van der Waals surface area contributed by atoms with Gasteiger partial charge in [0.05, 0.1) is 12.0 Å². The number of carboxylic acids is 1. The van der Waals surface area contributed by atoms with Gasteiger partial charge >= 0.3 is 5.97 Å². The minimum absolute atomic E-state index is 0.184. The molecular formula is C10H19NO3. The lowest BCUT2D eigenvalue weighted by Crippen LogP contribution is -2.32. The summed E-state index contributed by atoms with van der Waals surface area (Å²) in [6.45, 7) is 2.97. The highest BCUT2D eigenvalue weighted by Crippen LogP contribution is 2.31. The quantitative estimate of drug-likeness (QED) is 0.604. The summed E-state index contributed by atoms with van der Waals surface area (Å²) in [5.74, 6) is -0.617. The van der Waals surface area contributed by atoms with Gasteiger partial charge in [-0.2, -0.15) is 0 Å². The van der Waals surface area contributed by atoms with Crippen LogP contribution >= 0.6 is 0 Å². The van der Waals surface area contributed by atoms with E-state index in [1.54, 1.807) is 6.92 Å². The molecule has 3 N–H and O–H groups in total. The minimum atomic E-state index is -0.675. The van der Waals surface area contributed by atoms with Crippen LogP contribution in [0.15, 0.2) is 0 Å². The lowest BCUT2D eigenvalue weighted by atomic mass is 9.96. The first-order valence-electron chi connectivity index (χ1n) is 5.23. The van der Waals surface area contributed by atoms with Gasteiger partial charge in [-0.15, -0.1) is 0 Å². The zero-order valence-corrected chi connectivity index (χ0v) is 8.57. The molecule has 4 heteroatoms. The lowest BCUT2D eigenvalue weighted by Gasteiger charge is -2.16. The van der Waals surface area contributed by atoms with Crippen molar-refractivity contribution in [1.29, 1.82) is 0 Å². The van der Waals surface area contributed by atoms with Crippen molar-refractivity contribution in [2.45, 2.75) is 32.3 Å². The van der Waals surface area contributed by atoms with E-state index in [2.05, 4.69) is 5.32 Å². The van der Waals surface area contributed by atoms with Gasteiger partial charge in [-0.25, -0.2) is 0 Å². The molecular weight excluding hydrogens is 182 g/mol. The van der Waals surface area contributed by atoms with Crippen LogP contribution in [0.4, 0.5) is 0 Å². The van der Waals surface area contributed by atoms with Crippen LogP contribution in [0.25, 0.3) is 0 Å². The van der Waals surface area contributed by atoms with Crippen LogP contribution in [0.3, 0.4) is 0 Å². The predicted molar refractivity (Wildman–Crippen MR) is 53.0 cm³/mol. The molecule has 1 fully saturated rings. The predicted octanol–water partition coefficient (Wildman–Crippen LogP) is 0.458. The van der Waals surface area contributed by atoms with Gasteiger partial charge in [0.2, 0.25) is 0 Å². The molecule has 0 aromatic heterocycles. The van der Waals surface area contributed by atoms with Gasteiger partial charge in [-0.05, 0) is 32.2 Å². The second-order valence-electron chi connectivity index (χ2n) is 4.14. The number of aliphatic hydroxyl groups excluding tert-OH is 1. The van der Waals surface area contributed by atoms with Crippen LogP contribution in [0.2, 0.25) is 0 Å². The maximum atomic E-state index is 10.8. The maximum absolute atomic E-state index is 10.8. The number of hydrogen-bond donors (Lipinski definition) is 3. The number of hydrogen-bond acceptors (Lipinski definition) is 3. The number of carbonyl (C=O) groups is 1. The van der Waals surface area contributed by atoms with E-state index in [1.807, 2.05) is 0 Å². The Morgan fingerprint density at radius 3 is 2.86 bits per heavy atom. The SMILES string of the molecule is CC(O)CNCC1CCCC1C(=O)O. The van der Waals surface area contributed by atoms with Crippen LogP contribution in [0, 0.1) is 11.8 Å². The molecule has 0 aliphatic heterocycles. The maximum Gasteiger partial charge on any atom is 0.306 e. The highest BCUT2D eigenvalue weighted by molar-refractivity contribution is 5.70. The Bertz CT molecular complexity index is 194. The summed E-state index contributed by atoms with van der Waals surface area (Å²) in [5, 5.41) is 21.0. The summed E-state index contributed by atoms with van der Waals surface area (Å²) in [4.78, 5) is 10.8. The summed E-state index contributed by atoms with van der Waals surface area (Å²) >= 11 is 0. The van der Waals surface area contributed by atoms with E-state index < -0.39 is 5.97 Å². The molecule has 1 aliphatic rings. The molecule has 0 spiro atoms. The van der Waals surface area contributed by atoms with Crippen molar-refractivity contribution < 1.29 is 15.0 Å². The Morgan fingerprint density at radius 1 is 1.57 bits per heavy atom. The van der Waals surface area contributed by atoms with E-state index in [4.69, 9.17) is 10.2 Å². The van der Waals surface area contributed by atoms with Gasteiger partial charge in [0, 0.05) is 6.54 Å². The molecule has 1 rings (SSSR count). The van der Waals surface area contributed by atoms with Crippen molar-refractivity contribution in [3.05, 3.63) is 0 Å². The van der Waals surface area contributed by atoms with Crippen LogP contribution in [0.5, 0.6) is 0 Å². The number of rotatable bonds is 5. The third-order valence-corrected chi connectivity index (χ3v) is 2.82. The zero-order valence-electron chi connectivity index (χ0n) is 8.57. The van der Waals surface area contributed by atoms with Crippen LogP contribution in [-0.4, -0.2) is 35.4 Å². The third kappa shape index (κ3) is 3.27. The average molecular weight is 201 g/mol. The van der Waals surface area contributed by atoms with E-state index in [0.29, 0.717) is 13.1 Å². The molecule has 0 aromatic carbocycles. The van der Waals surface area contributed by atoms with Crippen LogP contribution in [-0.2, 0) is 4.79 Å². The number of nitrogens with one attached hydrogen (secondary N) is 1. The van der Waals surface area contributed by atoms with E-state index in [-0.39, 0.29) is 17.9 Å². The first kappa shape index (κ1) is 11.5. The molecule has 3 atom stereocenters. The fraction of sp³-hybridized carbons (Fsp3) is 0.900. The summed E-state index contributed by atoms with van der Waals surface area (Å²) in [7, 11) is 0. The third-order valence-electron chi connectivity index (χ3n) is 2.82. The van der Waals surface area contributed by atoms with Crippen LogP contribution in [0.1, 0.15) is 26.2 Å². The molecule has 0 bridgehead atoms. The van der Waals surface area contributed by atoms with Crippen LogP contribution < -0.4 is 5.32 Å². The monoisotopic (exact) mass is 201 g/mol. The van der Waals surface area contributed by atoms with Gasteiger partial charge in [-0.1, -0.05) is 6.42 Å². The Kier molecular flexibility index (Phi) is 4.35. The zero-order chi connectivity index (χ0) is 10.6. The summed E-state index contributed by atoms with van der Waals surface area (Å²) in [6.07, 6.45) is 2.44. The first-order valence-corrected chi connectivity index (χ1v) is 5.23. The molecule has 4 nitrogen and oxygen atoms in total. The largest absolute Gasteiger partial charge is 0.481 e. The first-order chi connectivity index (χ1) is 6.61. The Labute approximate surface area is 84.3 Å². The van der Waals surface area contributed by atoms with Crippen molar-refractivity contribution in [3.63, 3.8) is 0 Å². The second-order valence-corrected chi connectivity index (χ2v) is 4.14. The molecule has 0 saturated heterocycles. The van der Waals surface area contributed by atoms with Gasteiger partial charge in [-0.3, -0.25) is 4.79 Å². The molecule has 1 aliphatic carbocycles. The topological polar surface area (TPSA) is 69.6 Å². The van der Waals surface area contributed by atoms with Crippen molar-refractivity contribution in [2.75, 3.05) is 13.1 Å². The van der Waals surface area contributed by atoms with Gasteiger partial charge < -0.3 is 15.5 Å². The molecule has 14 heavy (non-hydrogen) atoms. The fourth-order valence-corrected chi connectivity index (χ4v) is 2.08. The summed E-state index contributed by atoms with van der Waals surface area (Å²) < 4.78 is 0. The van der Waals surface area contributed by atoms with Crippen molar-refractivity contribution in [3.8, 4) is 0 Å². The van der Waals surface area contributed by atoms with Crippen molar-refractivity contribution in [1.82, 2.24) is 5.32 Å². The summed E-state index contributed by atoms with van der Waals surface area (Å²) in [6, 6.07) is 0. The minimum Gasteiger partial charge on any atom is -0.481 e. The molecule has 0 heterocycles. The highest BCUT2D eigenvalue weighted by atomic mass is 16.4. The molecule has 0 radical (unpaired) electrons. The Morgan fingerprint density at radius 2 is 2.29 bits per heavy atom. The Balaban J connectivity index is 2.26. The molecule has 82 valence electrons. The smallest absolute Gasteiger partial charge is 0.306 e. The lowest BCUT2D eigenvalue weighted by molar-refractivity contribution is -0.142. The van der Waals surface area contributed by atoms with Crippen molar-refractivity contribution >= 4 is 5.97 Å². The number of aliphatic carboxylic acids is 1. The number of carboxylic acid groups (broad SMARTS) is 1. The van der Waals surface area contributed by atoms with E-state index >= 15 is 0 Å². The van der Waals surface area contributed by atoms with Crippen molar-refractivity contribution in [2.24, 2.45) is 11.8 Å². The molecule has 3 unspecified atom stereocenters. The normalized spacial score (nSPS) is 29.0. The Hall–Kier alpha value is -0.610. The van der Waals surface area contributed by atoms with E-state index in [0.717, 1.165) is 19.3 Å². The fourth-order valence-electron chi connectivity index (χ4n) is 2.08. The summed E-state index contributed by atoms with van der Waals surface area (Å²) in [5.41, 5.74) is 0. The van der Waals surface area contributed by atoms with Gasteiger partial charge in [0.15, 0.2) is 0 Å². The van der Waals surface area contributed by atoms with Gasteiger partial charge in [0.1, 0.15) is 0 Å². The van der Waals surface area contributed by atoms with Gasteiger partial charge in [0.25, 0.3) is 0 Å². The molecule has 0 aromatic rings. The molecule has 1 saturated carbocycles. The van der Waals surface area contributed by atoms with E-state index in [1.165, 1.54) is 0 Å². The second kappa shape index (κ2) is 5.32. The average Bonchev–Trinajstić information content (AvgIpc) is 2.51. The molecule has 0 amide bonds.